The summed E-state index contributed by atoms with van der Waals surface area (Å²) in [6.07, 6.45) is 2.40. The van der Waals surface area contributed by atoms with Crippen LogP contribution in [0.3, 0.4) is 0 Å². The van der Waals surface area contributed by atoms with Crippen molar-refractivity contribution < 1.29 is 4.79 Å². The summed E-state index contributed by atoms with van der Waals surface area (Å²) in [5.41, 5.74) is 2.06. The van der Waals surface area contributed by atoms with Crippen LogP contribution in [0.4, 0.5) is 10.5 Å². The van der Waals surface area contributed by atoms with Gasteiger partial charge in [0, 0.05) is 7.05 Å². The van der Waals surface area contributed by atoms with E-state index < -0.39 is 5.37 Å². The number of rotatable bonds is 3. The van der Waals surface area contributed by atoms with Crippen LogP contribution >= 0.6 is 11.6 Å². The van der Waals surface area contributed by atoms with Crippen molar-refractivity contribution in [2.24, 2.45) is 4.99 Å². The van der Waals surface area contributed by atoms with E-state index in [1.54, 1.807) is 7.05 Å². The maximum absolute atomic E-state index is 10.7. The molecule has 0 aliphatic rings. The van der Waals surface area contributed by atoms with Gasteiger partial charge in [-0.15, -0.1) is 0 Å². The van der Waals surface area contributed by atoms with E-state index >= 15 is 0 Å². The Morgan fingerprint density at radius 3 is 2.53 bits per heavy atom. The Labute approximate surface area is 94.4 Å². The average Bonchev–Trinajstić information content (AvgIpc) is 2.26. The third-order valence-corrected chi connectivity index (χ3v) is 2.27. The Morgan fingerprint density at radius 1 is 1.47 bits per heavy atom. The molecular formula is C11H13ClN2O. The number of aliphatic imine (C=N–C) groups is 1. The average molecular weight is 225 g/mol. The zero-order valence-electron chi connectivity index (χ0n) is 8.77. The molecule has 3 nitrogen and oxygen atoms in total. The van der Waals surface area contributed by atoms with E-state index in [2.05, 4.69) is 11.9 Å². The van der Waals surface area contributed by atoms with Gasteiger partial charge in [0.2, 0.25) is 0 Å². The molecule has 0 atom stereocenters. The van der Waals surface area contributed by atoms with Crippen LogP contribution in [0.2, 0.25) is 0 Å². The van der Waals surface area contributed by atoms with Gasteiger partial charge in [0.15, 0.2) is 0 Å². The summed E-state index contributed by atoms with van der Waals surface area (Å²) in [5.74, 6) is 0. The Hall–Kier alpha value is -1.35. The van der Waals surface area contributed by atoms with Crippen molar-refractivity contribution in [3.05, 3.63) is 29.8 Å². The largest absolute Gasteiger partial charge is 0.321 e. The van der Waals surface area contributed by atoms with Gasteiger partial charge in [-0.1, -0.05) is 19.1 Å². The van der Waals surface area contributed by atoms with Crippen LogP contribution in [0.25, 0.3) is 0 Å². The van der Waals surface area contributed by atoms with Gasteiger partial charge in [-0.25, -0.2) is 4.99 Å². The van der Waals surface area contributed by atoms with Gasteiger partial charge < -0.3 is 0 Å². The molecule has 0 N–H and O–H groups in total. The highest BCUT2D eigenvalue weighted by Crippen LogP contribution is 2.12. The van der Waals surface area contributed by atoms with Crippen LogP contribution in [0.15, 0.2) is 29.3 Å². The molecule has 0 heterocycles. The Kier molecular flexibility index (Phi) is 4.31. The van der Waals surface area contributed by atoms with Crippen molar-refractivity contribution in [3.8, 4) is 0 Å². The van der Waals surface area contributed by atoms with Crippen molar-refractivity contribution in [2.75, 3.05) is 7.05 Å². The number of halogens is 1. The van der Waals surface area contributed by atoms with Crippen LogP contribution < -0.4 is 0 Å². The second-order valence-electron chi connectivity index (χ2n) is 3.13. The second kappa shape index (κ2) is 5.51. The SMILES string of the molecule is CCc1ccc(N=CN(C)C(=O)Cl)cc1. The fraction of sp³-hybridized carbons (Fsp3) is 0.273. The molecular weight excluding hydrogens is 212 g/mol. The first-order valence-electron chi connectivity index (χ1n) is 4.69. The number of nitrogens with zero attached hydrogens (tertiary/aromatic N) is 2. The zero-order valence-corrected chi connectivity index (χ0v) is 9.53. The molecule has 1 rings (SSSR count). The molecule has 1 aromatic carbocycles. The Bertz CT molecular complexity index is 359. The van der Waals surface area contributed by atoms with Crippen molar-refractivity contribution in [3.63, 3.8) is 0 Å². The number of aryl methyl sites for hydroxylation is 1. The molecule has 15 heavy (non-hydrogen) atoms. The Balaban J connectivity index is 2.68. The van der Waals surface area contributed by atoms with Gasteiger partial charge >= 0.3 is 5.37 Å². The lowest BCUT2D eigenvalue weighted by Gasteiger charge is -2.04. The maximum Gasteiger partial charge on any atom is 0.321 e. The van der Waals surface area contributed by atoms with Gasteiger partial charge in [-0.2, -0.15) is 0 Å². The van der Waals surface area contributed by atoms with Gasteiger partial charge in [0.25, 0.3) is 0 Å². The van der Waals surface area contributed by atoms with E-state index in [4.69, 9.17) is 11.6 Å². The molecule has 0 fully saturated rings. The first kappa shape index (κ1) is 11.7. The highest BCUT2D eigenvalue weighted by molar-refractivity contribution is 6.63. The summed E-state index contributed by atoms with van der Waals surface area (Å²) < 4.78 is 0. The fourth-order valence-corrected chi connectivity index (χ4v) is 1.06. The van der Waals surface area contributed by atoms with Crippen molar-refractivity contribution in [1.29, 1.82) is 0 Å². The quantitative estimate of drug-likeness (QED) is 0.336. The van der Waals surface area contributed by atoms with Crippen LogP contribution in [0.1, 0.15) is 12.5 Å². The molecule has 0 unspecified atom stereocenters. The smallest absolute Gasteiger partial charge is 0.292 e. The standard InChI is InChI=1S/C11H13ClN2O/c1-3-9-4-6-10(7-5-9)13-8-14(2)11(12)15/h4-8H,3H2,1-2H3. The lowest BCUT2D eigenvalue weighted by atomic mass is 10.2. The lowest BCUT2D eigenvalue weighted by Crippen LogP contribution is -2.17. The van der Waals surface area contributed by atoms with Gasteiger partial charge in [-0.3, -0.25) is 9.69 Å². The van der Waals surface area contributed by atoms with Crippen LogP contribution in [0, 0.1) is 0 Å². The van der Waals surface area contributed by atoms with Gasteiger partial charge in [0.05, 0.1) is 12.0 Å². The van der Waals surface area contributed by atoms with Crippen molar-refractivity contribution in [1.82, 2.24) is 4.90 Å². The molecule has 1 amide bonds. The topological polar surface area (TPSA) is 32.7 Å². The highest BCUT2D eigenvalue weighted by Gasteiger charge is 1.99. The zero-order chi connectivity index (χ0) is 11.3. The van der Waals surface area contributed by atoms with E-state index in [1.165, 1.54) is 16.8 Å². The van der Waals surface area contributed by atoms with E-state index in [-0.39, 0.29) is 0 Å². The summed E-state index contributed by atoms with van der Waals surface area (Å²) in [6.45, 7) is 2.10. The molecule has 80 valence electrons. The maximum atomic E-state index is 10.7. The third-order valence-electron chi connectivity index (χ3n) is 2.00. The molecule has 0 aliphatic carbocycles. The summed E-state index contributed by atoms with van der Waals surface area (Å²) in [4.78, 5) is 16.0. The first-order valence-corrected chi connectivity index (χ1v) is 5.06. The minimum Gasteiger partial charge on any atom is -0.292 e. The minimum atomic E-state index is -0.552. The van der Waals surface area contributed by atoms with E-state index in [0.717, 1.165) is 12.1 Å². The fourth-order valence-electron chi connectivity index (χ4n) is 1.02. The number of carbonyl (C=O) groups excluding carboxylic acids is 1. The number of carbonyl (C=O) groups is 1. The van der Waals surface area contributed by atoms with E-state index in [0.29, 0.717) is 0 Å². The van der Waals surface area contributed by atoms with Gasteiger partial charge in [-0.05, 0) is 35.7 Å². The summed E-state index contributed by atoms with van der Waals surface area (Å²) >= 11 is 5.24. The molecule has 0 saturated heterocycles. The van der Waals surface area contributed by atoms with E-state index in [1.807, 2.05) is 24.3 Å². The highest BCUT2D eigenvalue weighted by atomic mass is 35.5. The third kappa shape index (κ3) is 3.72. The molecule has 0 bridgehead atoms. The number of hydrogen-bond acceptors (Lipinski definition) is 2. The van der Waals surface area contributed by atoms with Crippen LogP contribution in [-0.2, 0) is 6.42 Å². The number of amides is 1. The molecule has 0 saturated carbocycles. The minimum absolute atomic E-state index is 0.552. The monoisotopic (exact) mass is 224 g/mol. The predicted octanol–water partition coefficient (Wildman–Crippen LogP) is 3.20. The van der Waals surface area contributed by atoms with Crippen molar-refractivity contribution >= 4 is 29.0 Å². The molecule has 0 aromatic heterocycles. The predicted molar refractivity (Wildman–Crippen MR) is 63.0 cm³/mol. The summed E-state index contributed by atoms with van der Waals surface area (Å²) in [7, 11) is 1.55. The molecule has 0 radical (unpaired) electrons. The van der Waals surface area contributed by atoms with E-state index in [9.17, 15) is 4.79 Å². The van der Waals surface area contributed by atoms with Crippen LogP contribution in [-0.4, -0.2) is 23.7 Å². The van der Waals surface area contributed by atoms with Gasteiger partial charge in [0.1, 0.15) is 0 Å². The molecule has 0 aliphatic heterocycles. The van der Waals surface area contributed by atoms with Crippen LogP contribution in [0.5, 0.6) is 0 Å². The second-order valence-corrected chi connectivity index (χ2v) is 3.45. The normalized spacial score (nSPS) is 10.6. The molecule has 1 aromatic rings. The summed E-state index contributed by atoms with van der Waals surface area (Å²) in [6, 6.07) is 7.83. The lowest BCUT2D eigenvalue weighted by molar-refractivity contribution is 0.248. The molecule has 4 heteroatoms. The number of benzene rings is 1. The molecule has 0 spiro atoms. The first-order chi connectivity index (χ1) is 7.13. The summed E-state index contributed by atoms with van der Waals surface area (Å²) in [5, 5.41) is -0.552. The van der Waals surface area contributed by atoms with Crippen molar-refractivity contribution in [2.45, 2.75) is 13.3 Å². The number of hydrogen-bond donors (Lipinski definition) is 0. The Morgan fingerprint density at radius 2 is 2.07 bits per heavy atom.